The number of thiazole rings is 1. The fourth-order valence-corrected chi connectivity index (χ4v) is 2.96. The van der Waals surface area contributed by atoms with Gasteiger partial charge in [0.25, 0.3) is 0 Å². The quantitative estimate of drug-likeness (QED) is 0.718. The summed E-state index contributed by atoms with van der Waals surface area (Å²) in [6.07, 6.45) is 0. The lowest BCUT2D eigenvalue weighted by Gasteiger charge is -2.07. The third kappa shape index (κ3) is 4.50. The number of nitrogens with one attached hydrogen (secondary N) is 2. The number of hydrogen-bond acceptors (Lipinski definition) is 4. The van der Waals surface area contributed by atoms with Crippen LogP contribution in [0, 0.1) is 6.92 Å². The Bertz CT molecular complexity index is 797. The number of hydrogen-bond donors (Lipinski definition) is 2. The van der Waals surface area contributed by atoms with Crippen LogP contribution in [0.4, 0.5) is 5.69 Å². The first-order valence-electron chi connectivity index (χ1n) is 7.78. The van der Waals surface area contributed by atoms with Crippen LogP contribution in [0.25, 0.3) is 11.3 Å². The van der Waals surface area contributed by atoms with Crippen molar-refractivity contribution in [1.29, 1.82) is 0 Å². The molecule has 3 aromatic rings. The second-order valence-corrected chi connectivity index (χ2v) is 6.53. The van der Waals surface area contributed by atoms with Crippen molar-refractivity contribution in [3.63, 3.8) is 0 Å². The van der Waals surface area contributed by atoms with Crippen molar-refractivity contribution in [2.24, 2.45) is 0 Å². The van der Waals surface area contributed by atoms with Crippen molar-refractivity contribution in [1.82, 2.24) is 10.3 Å². The second-order valence-electron chi connectivity index (χ2n) is 5.47. The summed E-state index contributed by atoms with van der Waals surface area (Å²) < 4.78 is 0. The molecule has 2 aromatic carbocycles. The van der Waals surface area contributed by atoms with Crippen LogP contribution < -0.4 is 10.6 Å². The van der Waals surface area contributed by atoms with Crippen molar-refractivity contribution >= 4 is 22.9 Å². The molecule has 1 aromatic heterocycles. The monoisotopic (exact) mass is 337 g/mol. The Morgan fingerprint density at radius 2 is 1.83 bits per heavy atom. The average Bonchev–Trinajstić information content (AvgIpc) is 3.03. The largest absolute Gasteiger partial charge is 0.325 e. The summed E-state index contributed by atoms with van der Waals surface area (Å²) in [5, 5.41) is 9.12. The van der Waals surface area contributed by atoms with Crippen LogP contribution in [0.2, 0.25) is 0 Å². The number of aryl methyl sites for hydroxylation is 1. The zero-order valence-electron chi connectivity index (χ0n) is 13.5. The van der Waals surface area contributed by atoms with E-state index >= 15 is 0 Å². The smallest absolute Gasteiger partial charge is 0.238 e. The number of carbonyl (C=O) groups excluding carboxylic acids is 1. The molecule has 0 spiro atoms. The molecular formula is C19H19N3OS. The second kappa shape index (κ2) is 7.86. The number of amides is 1. The molecule has 0 unspecified atom stereocenters. The number of nitrogens with zero attached hydrogens (tertiary/aromatic N) is 1. The van der Waals surface area contributed by atoms with E-state index < -0.39 is 0 Å². The molecule has 0 aliphatic heterocycles. The van der Waals surface area contributed by atoms with E-state index in [4.69, 9.17) is 0 Å². The van der Waals surface area contributed by atoms with E-state index in [0.717, 1.165) is 27.5 Å². The van der Waals surface area contributed by atoms with Gasteiger partial charge in [0.2, 0.25) is 5.91 Å². The van der Waals surface area contributed by atoms with Gasteiger partial charge in [-0.05, 0) is 24.6 Å². The van der Waals surface area contributed by atoms with Crippen LogP contribution in [0.3, 0.4) is 0 Å². The normalized spacial score (nSPS) is 10.5. The summed E-state index contributed by atoms with van der Waals surface area (Å²) in [6.45, 7) is 2.95. The summed E-state index contributed by atoms with van der Waals surface area (Å²) in [5.74, 6) is -0.0526. The number of anilines is 1. The Kier molecular flexibility index (Phi) is 5.36. The van der Waals surface area contributed by atoms with Crippen LogP contribution in [-0.2, 0) is 11.3 Å². The van der Waals surface area contributed by atoms with E-state index in [-0.39, 0.29) is 12.5 Å². The minimum Gasteiger partial charge on any atom is -0.325 e. The SMILES string of the molecule is Cc1nc(-c2ccc(NC(=O)CNCc3ccccc3)cc2)cs1. The number of carbonyl (C=O) groups is 1. The van der Waals surface area contributed by atoms with Crippen LogP contribution in [0.5, 0.6) is 0 Å². The van der Waals surface area contributed by atoms with Gasteiger partial charge in [-0.1, -0.05) is 42.5 Å². The molecular weight excluding hydrogens is 318 g/mol. The summed E-state index contributed by atoms with van der Waals surface area (Å²) in [4.78, 5) is 16.4. The van der Waals surface area contributed by atoms with Gasteiger partial charge in [0.15, 0.2) is 0 Å². The van der Waals surface area contributed by atoms with Crippen LogP contribution >= 0.6 is 11.3 Å². The van der Waals surface area contributed by atoms with Gasteiger partial charge in [-0.25, -0.2) is 4.98 Å². The van der Waals surface area contributed by atoms with E-state index in [1.165, 1.54) is 0 Å². The molecule has 4 nitrogen and oxygen atoms in total. The summed E-state index contributed by atoms with van der Waals surface area (Å²) in [6, 6.07) is 17.8. The Labute approximate surface area is 145 Å². The molecule has 0 aliphatic carbocycles. The van der Waals surface area contributed by atoms with Crippen molar-refractivity contribution < 1.29 is 4.79 Å². The summed E-state index contributed by atoms with van der Waals surface area (Å²) in [7, 11) is 0. The van der Waals surface area contributed by atoms with Gasteiger partial charge in [-0.3, -0.25) is 4.79 Å². The molecule has 1 heterocycles. The molecule has 0 bridgehead atoms. The highest BCUT2D eigenvalue weighted by Crippen LogP contribution is 2.22. The van der Waals surface area contributed by atoms with Gasteiger partial charge in [-0.2, -0.15) is 0 Å². The fraction of sp³-hybridized carbons (Fsp3) is 0.158. The van der Waals surface area contributed by atoms with Gasteiger partial charge in [0.1, 0.15) is 0 Å². The van der Waals surface area contributed by atoms with Gasteiger partial charge in [0.05, 0.1) is 17.2 Å². The van der Waals surface area contributed by atoms with E-state index in [2.05, 4.69) is 15.6 Å². The van der Waals surface area contributed by atoms with Crippen molar-refractivity contribution in [2.75, 3.05) is 11.9 Å². The predicted octanol–water partition coefficient (Wildman–Crippen LogP) is 3.85. The summed E-state index contributed by atoms with van der Waals surface area (Å²) >= 11 is 1.63. The minimum atomic E-state index is -0.0526. The first-order chi connectivity index (χ1) is 11.7. The van der Waals surface area contributed by atoms with Gasteiger partial charge < -0.3 is 10.6 Å². The zero-order chi connectivity index (χ0) is 16.8. The van der Waals surface area contributed by atoms with Crippen molar-refractivity contribution in [2.45, 2.75) is 13.5 Å². The Hall–Kier alpha value is -2.50. The molecule has 3 rings (SSSR count). The Morgan fingerprint density at radius 3 is 2.50 bits per heavy atom. The first-order valence-corrected chi connectivity index (χ1v) is 8.66. The molecule has 0 saturated carbocycles. The lowest BCUT2D eigenvalue weighted by molar-refractivity contribution is -0.115. The van der Waals surface area contributed by atoms with E-state index in [0.29, 0.717) is 6.54 Å². The molecule has 0 fully saturated rings. The topological polar surface area (TPSA) is 54.0 Å². The van der Waals surface area contributed by atoms with Crippen molar-refractivity contribution in [3.8, 4) is 11.3 Å². The first kappa shape index (κ1) is 16.4. The third-order valence-electron chi connectivity index (χ3n) is 3.54. The lowest BCUT2D eigenvalue weighted by atomic mass is 10.1. The minimum absolute atomic E-state index is 0.0526. The number of aromatic nitrogens is 1. The Balaban J connectivity index is 1.49. The molecule has 5 heteroatoms. The maximum absolute atomic E-state index is 12.0. The highest BCUT2D eigenvalue weighted by molar-refractivity contribution is 7.09. The molecule has 0 atom stereocenters. The highest BCUT2D eigenvalue weighted by Gasteiger charge is 2.04. The molecule has 0 aliphatic rings. The lowest BCUT2D eigenvalue weighted by Crippen LogP contribution is -2.27. The van der Waals surface area contributed by atoms with Crippen LogP contribution in [-0.4, -0.2) is 17.4 Å². The number of rotatable bonds is 6. The van der Waals surface area contributed by atoms with Gasteiger partial charge in [0, 0.05) is 23.2 Å². The molecule has 24 heavy (non-hydrogen) atoms. The van der Waals surface area contributed by atoms with E-state index in [1.807, 2.05) is 66.9 Å². The molecule has 2 N–H and O–H groups in total. The van der Waals surface area contributed by atoms with Crippen LogP contribution in [0.1, 0.15) is 10.6 Å². The summed E-state index contributed by atoms with van der Waals surface area (Å²) in [5.41, 5.74) is 3.98. The Morgan fingerprint density at radius 1 is 1.08 bits per heavy atom. The number of benzene rings is 2. The van der Waals surface area contributed by atoms with Gasteiger partial charge in [-0.15, -0.1) is 11.3 Å². The van der Waals surface area contributed by atoms with Crippen LogP contribution in [0.15, 0.2) is 60.0 Å². The zero-order valence-corrected chi connectivity index (χ0v) is 14.3. The molecule has 0 radical (unpaired) electrons. The molecule has 122 valence electrons. The van der Waals surface area contributed by atoms with Gasteiger partial charge >= 0.3 is 0 Å². The fourth-order valence-electron chi connectivity index (χ4n) is 2.34. The van der Waals surface area contributed by atoms with E-state index in [9.17, 15) is 4.79 Å². The third-order valence-corrected chi connectivity index (χ3v) is 4.31. The van der Waals surface area contributed by atoms with Crippen molar-refractivity contribution in [3.05, 3.63) is 70.5 Å². The highest BCUT2D eigenvalue weighted by atomic mass is 32.1. The van der Waals surface area contributed by atoms with E-state index in [1.54, 1.807) is 11.3 Å². The molecule has 1 amide bonds. The maximum Gasteiger partial charge on any atom is 0.238 e. The standard InChI is InChI=1S/C19H19N3OS/c1-14-21-18(13-24-14)16-7-9-17(10-8-16)22-19(23)12-20-11-15-5-3-2-4-6-15/h2-10,13,20H,11-12H2,1H3,(H,22,23). The molecule has 0 saturated heterocycles. The average molecular weight is 337 g/mol. The predicted molar refractivity (Wildman–Crippen MR) is 99.1 cm³/mol. The maximum atomic E-state index is 12.0.